The third kappa shape index (κ3) is 9.75. The molecule has 0 radical (unpaired) electrons. The van der Waals surface area contributed by atoms with Crippen LogP contribution in [0.4, 0.5) is 21.7 Å². The van der Waals surface area contributed by atoms with Crippen LogP contribution in [-0.2, 0) is 11.3 Å². The summed E-state index contributed by atoms with van der Waals surface area (Å²) in [4.78, 5) is 0. The van der Waals surface area contributed by atoms with E-state index in [-0.39, 0.29) is 64.1 Å². The molecule has 0 unspecified atom stereocenters. The van der Waals surface area contributed by atoms with E-state index in [2.05, 4.69) is 4.74 Å². The van der Waals surface area contributed by atoms with Crippen LogP contribution in [0.3, 0.4) is 0 Å². The molecule has 0 saturated carbocycles. The summed E-state index contributed by atoms with van der Waals surface area (Å²) in [5, 5.41) is 0. The second-order valence-electron chi connectivity index (χ2n) is 3.72. The molecule has 1 nitrogen and oxygen atoms in total. The molecule has 0 aromatic heterocycles. The molecule has 0 N–H and O–H groups in total. The van der Waals surface area contributed by atoms with E-state index in [0.717, 1.165) is 0 Å². The number of benzene rings is 1. The number of alkyl halides is 2. The molecule has 0 aliphatic heterocycles. The molecule has 0 saturated heterocycles. The van der Waals surface area contributed by atoms with Crippen molar-refractivity contribution in [1.29, 1.82) is 0 Å². The molecule has 0 amide bonds. The number of hydrogen-bond acceptors (Lipinski definition) is 1. The van der Waals surface area contributed by atoms with Crippen LogP contribution < -0.4 is 51.4 Å². The number of hydrogen-bond donors (Lipinski definition) is 0. The van der Waals surface area contributed by atoms with Gasteiger partial charge in [-0.05, 0) is 11.6 Å². The molecule has 100 valence electrons. The molecule has 0 spiro atoms. The minimum Gasteiger partial charge on any atom is -0.445 e. The normalized spacial score (nSPS) is 12.5. The Morgan fingerprint density at radius 3 is 2.21 bits per heavy atom. The third-order valence-corrected chi connectivity index (χ3v) is 1.96. The van der Waals surface area contributed by atoms with Crippen LogP contribution in [0.15, 0.2) is 42.4 Å². The van der Waals surface area contributed by atoms with Crippen LogP contribution in [0.25, 0.3) is 0 Å². The zero-order valence-corrected chi connectivity index (χ0v) is 13.5. The maximum atomic E-state index is 13.0. The largest absolute Gasteiger partial charge is 1.00 e. The summed E-state index contributed by atoms with van der Waals surface area (Å²) < 4.78 is 65.9. The Kier molecular flexibility index (Phi) is 8.66. The van der Waals surface area contributed by atoms with Gasteiger partial charge in [-0.2, -0.15) is 8.78 Å². The molecule has 0 bridgehead atoms. The van der Waals surface area contributed by atoms with Crippen LogP contribution in [-0.4, -0.2) is 19.5 Å². The van der Waals surface area contributed by atoms with Crippen molar-refractivity contribution in [3.63, 3.8) is 0 Å². The first-order valence-corrected chi connectivity index (χ1v) is 5.18. The summed E-state index contributed by atoms with van der Waals surface area (Å²) in [6, 6.07) is 8.53. The van der Waals surface area contributed by atoms with Crippen LogP contribution in [0.2, 0.25) is 0 Å². The first-order chi connectivity index (χ1) is 8.29. The van der Waals surface area contributed by atoms with Gasteiger partial charge in [0, 0.05) is 0 Å². The van der Waals surface area contributed by atoms with Gasteiger partial charge in [-0.3, -0.25) is 0 Å². The van der Waals surface area contributed by atoms with E-state index in [9.17, 15) is 21.7 Å². The smallest absolute Gasteiger partial charge is 0.445 e. The summed E-state index contributed by atoms with van der Waals surface area (Å²) in [6.07, 6.45) is -0.169. The van der Waals surface area contributed by atoms with E-state index in [4.69, 9.17) is 0 Å². The van der Waals surface area contributed by atoms with Gasteiger partial charge in [0.05, 0.1) is 6.61 Å². The molecule has 8 heteroatoms. The van der Waals surface area contributed by atoms with Gasteiger partial charge in [-0.15, -0.1) is 5.98 Å². The zero-order valence-electron chi connectivity index (χ0n) is 10.3. The molecule has 1 aromatic carbocycles. The fraction of sp³-hybridized carbons (Fsp3) is 0.273. The minimum atomic E-state index is -5.35. The summed E-state index contributed by atoms with van der Waals surface area (Å²) in [6.45, 7) is -6.50. The topological polar surface area (TPSA) is 9.23 Å². The average molecular weight is 304 g/mol. The van der Waals surface area contributed by atoms with Crippen molar-refractivity contribution in [3.05, 3.63) is 47.9 Å². The van der Waals surface area contributed by atoms with Crippen molar-refractivity contribution >= 4 is 6.98 Å². The van der Waals surface area contributed by atoms with Crippen molar-refractivity contribution in [1.82, 2.24) is 0 Å². The summed E-state index contributed by atoms with van der Waals surface area (Å²) in [5.41, 5.74) is 0.678. The molecule has 0 heterocycles. The van der Waals surface area contributed by atoms with E-state index in [1.807, 2.05) is 0 Å². The fourth-order valence-electron chi connectivity index (χ4n) is 1.18. The van der Waals surface area contributed by atoms with Gasteiger partial charge in [-0.1, -0.05) is 30.3 Å². The monoisotopic (exact) mass is 304 g/mol. The molecule has 0 aliphatic rings. The second kappa shape index (κ2) is 8.53. The quantitative estimate of drug-likeness (QED) is 0.558. The Labute approximate surface area is 150 Å². The van der Waals surface area contributed by atoms with E-state index >= 15 is 0 Å². The predicted molar refractivity (Wildman–Crippen MR) is 59.3 cm³/mol. The van der Waals surface area contributed by atoms with Crippen molar-refractivity contribution in [2.75, 3.05) is 6.61 Å². The van der Waals surface area contributed by atoms with Crippen molar-refractivity contribution < 1.29 is 77.8 Å². The van der Waals surface area contributed by atoms with Crippen LogP contribution in [0.5, 0.6) is 0 Å². The molecule has 0 aliphatic carbocycles. The average Bonchev–Trinajstić information content (AvgIpc) is 2.27. The van der Waals surface area contributed by atoms with Gasteiger partial charge in [-0.25, -0.2) is 0 Å². The van der Waals surface area contributed by atoms with Crippen molar-refractivity contribution in [2.24, 2.45) is 0 Å². The van der Waals surface area contributed by atoms with Gasteiger partial charge < -0.3 is 17.7 Å². The van der Waals surface area contributed by atoms with Crippen molar-refractivity contribution in [3.8, 4) is 0 Å². The van der Waals surface area contributed by atoms with Gasteiger partial charge >= 0.3 is 58.4 Å². The minimum absolute atomic E-state index is 0. The van der Waals surface area contributed by atoms with Gasteiger partial charge in [0.2, 0.25) is 0 Å². The van der Waals surface area contributed by atoms with E-state index in [1.165, 1.54) is 0 Å². The molecule has 19 heavy (non-hydrogen) atoms. The Morgan fingerprint density at radius 1 is 1.11 bits per heavy atom. The molecular weight excluding hydrogens is 293 g/mol. The molecule has 0 atom stereocenters. The number of ether oxygens (including phenoxy) is 1. The maximum Gasteiger partial charge on any atom is 1.00 e. The summed E-state index contributed by atoms with van der Waals surface area (Å²) in [7, 11) is 0. The van der Waals surface area contributed by atoms with E-state index < -0.39 is 25.5 Å². The first-order valence-electron chi connectivity index (χ1n) is 5.18. The Morgan fingerprint density at radius 2 is 1.68 bits per heavy atom. The summed E-state index contributed by atoms with van der Waals surface area (Å²) in [5.74, 6) is -4.04. The Hall–Kier alpha value is 0.271. The van der Waals surface area contributed by atoms with E-state index in [0.29, 0.717) is 5.56 Å². The van der Waals surface area contributed by atoms with Gasteiger partial charge in [0.1, 0.15) is 6.61 Å². The fourth-order valence-corrected chi connectivity index (χ4v) is 1.18. The SMILES string of the molecule is F[B-](F)(F)/C=C/C(F)(F)COCc1ccccc1.[K+]. The van der Waals surface area contributed by atoms with E-state index in [1.54, 1.807) is 30.3 Å². The Bertz CT molecular complexity index is 394. The second-order valence-corrected chi connectivity index (χ2v) is 3.72. The van der Waals surface area contributed by atoms with Gasteiger partial charge in [0.15, 0.2) is 0 Å². The van der Waals surface area contributed by atoms with Crippen LogP contribution in [0.1, 0.15) is 5.56 Å². The third-order valence-electron chi connectivity index (χ3n) is 1.96. The van der Waals surface area contributed by atoms with Crippen LogP contribution >= 0.6 is 0 Å². The number of rotatable bonds is 6. The maximum absolute atomic E-state index is 13.0. The molecule has 1 rings (SSSR count). The molecule has 0 fully saturated rings. The molecule has 1 aromatic rings. The standard InChI is InChI=1S/C11H11BF5O.K/c13-11(14,6-7-12(15,16)17)9-18-8-10-4-2-1-3-5-10;/h1-7H,8-9H2;/q-1;+1/b7-6+;. The zero-order chi connectivity index (χ0) is 13.6. The molecular formula is C11H11BF5KO. The predicted octanol–water partition coefficient (Wildman–Crippen LogP) is 0.785. The van der Waals surface area contributed by atoms with Crippen LogP contribution in [0, 0.1) is 0 Å². The van der Waals surface area contributed by atoms with Gasteiger partial charge in [0.25, 0.3) is 5.92 Å². The first kappa shape index (κ1) is 19.3. The summed E-state index contributed by atoms with van der Waals surface area (Å²) >= 11 is 0. The van der Waals surface area contributed by atoms with Crippen molar-refractivity contribution in [2.45, 2.75) is 12.5 Å². The Balaban J connectivity index is 0.00000324. The number of halogens is 5.